The normalized spacial score (nSPS) is 16.1. The molecular formula is C17H19N5O2S2. The molecule has 4 rings (SSSR count). The molecule has 1 amide bonds. The molecule has 3 aromatic rings. The van der Waals surface area contributed by atoms with Crippen molar-refractivity contribution in [2.45, 2.75) is 23.6 Å². The second-order valence-corrected chi connectivity index (χ2v) is 8.07. The highest BCUT2D eigenvalue weighted by atomic mass is 32.2. The third-order valence-electron chi connectivity index (χ3n) is 4.21. The van der Waals surface area contributed by atoms with Gasteiger partial charge in [0.05, 0.1) is 23.3 Å². The number of rotatable bonds is 5. The van der Waals surface area contributed by atoms with Crippen LogP contribution in [0, 0.1) is 0 Å². The van der Waals surface area contributed by atoms with E-state index in [-0.39, 0.29) is 11.2 Å². The Hall–Kier alpha value is -1.97. The minimum Gasteiger partial charge on any atom is -0.378 e. The van der Waals surface area contributed by atoms with Gasteiger partial charge in [-0.15, -0.1) is 21.5 Å². The second-order valence-electron chi connectivity index (χ2n) is 5.89. The molecule has 0 unspecified atom stereocenters. The number of thioether (sulfide) groups is 1. The number of fused-ring (bicyclic) bond motifs is 1. The molecule has 0 radical (unpaired) electrons. The number of hydrogen-bond acceptors (Lipinski definition) is 7. The lowest BCUT2D eigenvalue weighted by atomic mass is 10.2. The van der Waals surface area contributed by atoms with Crippen LogP contribution in [0.2, 0.25) is 0 Å². The molecule has 1 atom stereocenters. The number of thiophene rings is 1. The standard InChI is InChI=1S/C17H19N5O2S2/c1-2-12(17(23)21-7-9-24-10-8-21)26-15-6-5-14-18-19-16(22(14)20-15)13-4-3-11-25-13/h3-6,11-12H,2,7-10H2,1H3/t12-/m1/s1. The van der Waals surface area contributed by atoms with E-state index >= 15 is 0 Å². The molecule has 26 heavy (non-hydrogen) atoms. The van der Waals surface area contributed by atoms with Gasteiger partial charge >= 0.3 is 0 Å². The molecule has 136 valence electrons. The van der Waals surface area contributed by atoms with Crippen LogP contribution in [0.5, 0.6) is 0 Å². The van der Waals surface area contributed by atoms with E-state index in [0.717, 1.165) is 22.1 Å². The average Bonchev–Trinajstić information content (AvgIpc) is 3.35. The number of morpholine rings is 1. The smallest absolute Gasteiger partial charge is 0.236 e. The van der Waals surface area contributed by atoms with Crippen molar-refractivity contribution >= 4 is 34.7 Å². The molecule has 7 nitrogen and oxygen atoms in total. The lowest BCUT2D eigenvalue weighted by Crippen LogP contribution is -2.44. The molecule has 1 fully saturated rings. The number of hydrogen-bond donors (Lipinski definition) is 0. The van der Waals surface area contributed by atoms with E-state index in [1.165, 1.54) is 11.8 Å². The molecule has 9 heteroatoms. The van der Waals surface area contributed by atoms with Crippen LogP contribution < -0.4 is 0 Å². The third-order valence-corrected chi connectivity index (χ3v) is 6.36. The van der Waals surface area contributed by atoms with Crippen LogP contribution in [0.25, 0.3) is 16.3 Å². The Morgan fingerprint density at radius 3 is 2.88 bits per heavy atom. The minimum atomic E-state index is -0.153. The molecule has 1 aliphatic rings. The fourth-order valence-electron chi connectivity index (χ4n) is 2.84. The summed E-state index contributed by atoms with van der Waals surface area (Å²) in [6.45, 7) is 4.58. The SMILES string of the molecule is CC[C@@H](Sc1ccc2nnc(-c3cccs3)n2n1)C(=O)N1CCOCC1. The van der Waals surface area contributed by atoms with Gasteiger partial charge in [-0.05, 0) is 30.0 Å². The summed E-state index contributed by atoms with van der Waals surface area (Å²) in [5.41, 5.74) is 0.699. The highest BCUT2D eigenvalue weighted by Crippen LogP contribution is 2.28. The molecule has 1 aliphatic heterocycles. The Morgan fingerprint density at radius 1 is 1.31 bits per heavy atom. The van der Waals surface area contributed by atoms with Crippen molar-refractivity contribution in [3.8, 4) is 10.7 Å². The van der Waals surface area contributed by atoms with Gasteiger partial charge in [-0.25, -0.2) is 0 Å². The number of carbonyl (C=O) groups is 1. The van der Waals surface area contributed by atoms with Crippen LogP contribution >= 0.6 is 23.1 Å². The van der Waals surface area contributed by atoms with Gasteiger partial charge in [0.2, 0.25) is 5.91 Å². The van der Waals surface area contributed by atoms with Gasteiger partial charge in [-0.3, -0.25) is 4.79 Å². The Kier molecular flexibility index (Phi) is 5.18. The lowest BCUT2D eigenvalue weighted by Gasteiger charge is -2.29. The quantitative estimate of drug-likeness (QED) is 0.625. The van der Waals surface area contributed by atoms with Gasteiger partial charge in [0.25, 0.3) is 0 Å². The molecule has 0 aliphatic carbocycles. The van der Waals surface area contributed by atoms with E-state index in [1.807, 2.05) is 41.5 Å². The van der Waals surface area contributed by atoms with Crippen LogP contribution in [0.4, 0.5) is 0 Å². The third kappa shape index (κ3) is 3.46. The van der Waals surface area contributed by atoms with Gasteiger partial charge in [0.15, 0.2) is 11.5 Å². The molecule has 0 N–H and O–H groups in total. The highest BCUT2D eigenvalue weighted by molar-refractivity contribution is 8.00. The number of ether oxygens (including phenoxy) is 1. The van der Waals surface area contributed by atoms with Gasteiger partial charge in [0.1, 0.15) is 5.03 Å². The first-order valence-electron chi connectivity index (χ1n) is 8.56. The predicted molar refractivity (Wildman–Crippen MR) is 101 cm³/mol. The number of carbonyl (C=O) groups excluding carboxylic acids is 1. The fraction of sp³-hybridized carbons (Fsp3) is 0.412. The Bertz CT molecular complexity index is 890. The summed E-state index contributed by atoms with van der Waals surface area (Å²) in [4.78, 5) is 15.7. The lowest BCUT2D eigenvalue weighted by molar-refractivity contribution is -0.134. The molecule has 3 aromatic heterocycles. The molecule has 1 saturated heterocycles. The largest absolute Gasteiger partial charge is 0.378 e. The summed E-state index contributed by atoms with van der Waals surface area (Å²) in [7, 11) is 0. The van der Waals surface area contributed by atoms with E-state index in [2.05, 4.69) is 15.3 Å². The van der Waals surface area contributed by atoms with Crippen LogP contribution in [-0.2, 0) is 9.53 Å². The topological polar surface area (TPSA) is 72.6 Å². The van der Waals surface area contributed by atoms with E-state index in [9.17, 15) is 4.79 Å². The van der Waals surface area contributed by atoms with Crippen LogP contribution in [-0.4, -0.2) is 62.2 Å². The van der Waals surface area contributed by atoms with Crippen molar-refractivity contribution < 1.29 is 9.53 Å². The van der Waals surface area contributed by atoms with Crippen LogP contribution in [0.3, 0.4) is 0 Å². The number of aromatic nitrogens is 4. The first-order valence-corrected chi connectivity index (χ1v) is 10.3. The summed E-state index contributed by atoms with van der Waals surface area (Å²) in [5.74, 6) is 0.884. The van der Waals surface area contributed by atoms with Crippen molar-refractivity contribution in [1.82, 2.24) is 24.7 Å². The first kappa shape index (κ1) is 17.4. The van der Waals surface area contributed by atoms with Gasteiger partial charge in [-0.1, -0.05) is 24.8 Å². The van der Waals surface area contributed by atoms with Crippen molar-refractivity contribution in [2.24, 2.45) is 0 Å². The molecule has 0 saturated carbocycles. The summed E-state index contributed by atoms with van der Waals surface area (Å²) in [6.07, 6.45) is 0.751. The Labute approximate surface area is 159 Å². The summed E-state index contributed by atoms with van der Waals surface area (Å²) in [5, 5.41) is 15.7. The summed E-state index contributed by atoms with van der Waals surface area (Å²) >= 11 is 3.10. The van der Waals surface area contributed by atoms with E-state index in [1.54, 1.807) is 15.9 Å². The van der Waals surface area contributed by atoms with Gasteiger partial charge in [0, 0.05) is 13.1 Å². The summed E-state index contributed by atoms with van der Waals surface area (Å²) in [6, 6.07) is 7.78. The molecule has 0 spiro atoms. The average molecular weight is 390 g/mol. The molecule has 4 heterocycles. The van der Waals surface area contributed by atoms with Crippen molar-refractivity contribution in [3.63, 3.8) is 0 Å². The van der Waals surface area contributed by atoms with Gasteiger partial charge < -0.3 is 9.64 Å². The molecule has 0 aromatic carbocycles. The zero-order valence-corrected chi connectivity index (χ0v) is 16.0. The minimum absolute atomic E-state index is 0.153. The van der Waals surface area contributed by atoms with Crippen LogP contribution in [0.15, 0.2) is 34.7 Å². The van der Waals surface area contributed by atoms with E-state index in [4.69, 9.17) is 4.74 Å². The van der Waals surface area contributed by atoms with E-state index < -0.39 is 0 Å². The van der Waals surface area contributed by atoms with Crippen molar-refractivity contribution in [3.05, 3.63) is 29.6 Å². The van der Waals surface area contributed by atoms with Crippen molar-refractivity contribution in [2.75, 3.05) is 26.3 Å². The zero-order chi connectivity index (χ0) is 17.9. The van der Waals surface area contributed by atoms with Crippen molar-refractivity contribution in [1.29, 1.82) is 0 Å². The Morgan fingerprint density at radius 2 is 2.15 bits per heavy atom. The van der Waals surface area contributed by atoms with Crippen LogP contribution in [0.1, 0.15) is 13.3 Å². The molecular weight excluding hydrogens is 370 g/mol. The zero-order valence-electron chi connectivity index (χ0n) is 14.4. The Balaban J connectivity index is 1.57. The maximum atomic E-state index is 12.8. The number of nitrogens with zero attached hydrogens (tertiary/aromatic N) is 5. The maximum Gasteiger partial charge on any atom is 0.236 e. The maximum absolute atomic E-state index is 12.8. The predicted octanol–water partition coefficient (Wildman–Crippen LogP) is 2.58. The fourth-order valence-corrected chi connectivity index (χ4v) is 4.51. The second kappa shape index (κ2) is 7.73. The highest BCUT2D eigenvalue weighted by Gasteiger charge is 2.26. The molecule has 0 bridgehead atoms. The monoisotopic (exact) mass is 389 g/mol. The summed E-state index contributed by atoms with van der Waals surface area (Å²) < 4.78 is 7.09. The first-order chi connectivity index (χ1) is 12.8. The van der Waals surface area contributed by atoms with Gasteiger partial charge in [-0.2, -0.15) is 9.61 Å². The number of amides is 1. The van der Waals surface area contributed by atoms with E-state index in [0.29, 0.717) is 32.0 Å².